The predicted octanol–water partition coefficient (Wildman–Crippen LogP) is 2.37. The number of phenols is 2. The van der Waals surface area contributed by atoms with Crippen molar-refractivity contribution in [2.24, 2.45) is 0 Å². The summed E-state index contributed by atoms with van der Waals surface area (Å²) in [6, 6.07) is 10.2. The summed E-state index contributed by atoms with van der Waals surface area (Å²) in [5.74, 6) is 0.301. The summed E-state index contributed by atoms with van der Waals surface area (Å²) < 4.78 is 2.29. The largest absolute Gasteiger partial charge is 1.00 e. The Balaban J connectivity index is 0.00000280. The Hall–Kier alpha value is -1.43. The van der Waals surface area contributed by atoms with Crippen molar-refractivity contribution in [3.05, 3.63) is 57.6 Å². The van der Waals surface area contributed by atoms with Crippen molar-refractivity contribution < 1.29 is 31.8 Å². The van der Waals surface area contributed by atoms with Crippen LogP contribution >= 0.6 is 23.2 Å². The predicted molar refractivity (Wildman–Crippen MR) is 110 cm³/mol. The topological polar surface area (TPSA) is 46.7 Å². The van der Waals surface area contributed by atoms with Crippen molar-refractivity contribution in [3.8, 4) is 11.5 Å². The molecule has 2 N–H and O–H groups in total. The molecular weight excluding hydrogens is 463 g/mol. The van der Waals surface area contributed by atoms with Crippen LogP contribution in [-0.2, 0) is 0 Å². The fourth-order valence-corrected chi connectivity index (χ4v) is 4.39. The monoisotopic (exact) mass is 486 g/mol. The smallest absolute Gasteiger partial charge is 0.235 e. The molecule has 3 rings (SSSR count). The van der Waals surface area contributed by atoms with Gasteiger partial charge in [-0.1, -0.05) is 37.0 Å². The van der Waals surface area contributed by atoms with Crippen molar-refractivity contribution >= 4 is 29.5 Å². The Morgan fingerprint density at radius 1 is 0.929 bits per heavy atom. The fourth-order valence-electron chi connectivity index (χ4n) is 3.82. The molecule has 0 saturated carbocycles. The summed E-state index contributed by atoms with van der Waals surface area (Å²) in [5.41, 5.74) is 1.90. The molecule has 0 aliphatic carbocycles. The van der Waals surface area contributed by atoms with Crippen LogP contribution in [0.4, 0.5) is 0 Å². The van der Waals surface area contributed by atoms with E-state index in [0.29, 0.717) is 10.0 Å². The number of hydrogen-bond donors (Lipinski definition) is 2. The van der Waals surface area contributed by atoms with Crippen LogP contribution < -0.4 is 17.0 Å². The molecule has 7 heteroatoms. The van der Waals surface area contributed by atoms with Gasteiger partial charge in [0, 0.05) is 11.1 Å². The molecule has 4 nitrogen and oxygen atoms in total. The van der Waals surface area contributed by atoms with Gasteiger partial charge in [-0.15, -0.1) is 0 Å². The molecule has 1 aliphatic heterocycles. The van der Waals surface area contributed by atoms with Crippen LogP contribution in [0, 0.1) is 0 Å². The Kier molecular flexibility index (Phi) is 8.05. The van der Waals surface area contributed by atoms with Gasteiger partial charge in [-0.3, -0.25) is 9.48 Å². The Morgan fingerprint density at radius 2 is 1.50 bits per heavy atom. The van der Waals surface area contributed by atoms with Gasteiger partial charge in [0.05, 0.1) is 23.1 Å². The zero-order chi connectivity index (χ0) is 19.6. The molecule has 0 amide bonds. The Morgan fingerprint density at radius 3 is 2.00 bits per heavy atom. The Bertz CT molecular complexity index is 860. The SMILES string of the molecule is CCCN1C=[N+](CCC)[C@H](c2ccc(O)cc2Cl)[C@@H]1c1ccc(O)cc1Cl.[Br-]. The highest BCUT2D eigenvalue weighted by atomic mass is 79.9. The molecule has 0 fully saturated rings. The van der Waals surface area contributed by atoms with Crippen LogP contribution in [-0.4, -0.2) is 39.1 Å². The molecule has 2 aromatic rings. The van der Waals surface area contributed by atoms with Gasteiger partial charge in [0.15, 0.2) is 12.1 Å². The minimum Gasteiger partial charge on any atom is -1.00 e. The van der Waals surface area contributed by atoms with Crippen molar-refractivity contribution in [3.63, 3.8) is 0 Å². The molecule has 0 spiro atoms. The van der Waals surface area contributed by atoms with Crippen molar-refractivity contribution in [1.29, 1.82) is 0 Å². The molecule has 152 valence electrons. The second kappa shape index (κ2) is 9.86. The molecule has 0 unspecified atom stereocenters. The van der Waals surface area contributed by atoms with E-state index in [1.54, 1.807) is 24.3 Å². The van der Waals surface area contributed by atoms with Crippen molar-refractivity contribution in [2.75, 3.05) is 13.1 Å². The molecule has 28 heavy (non-hydrogen) atoms. The number of rotatable bonds is 6. The molecule has 1 aliphatic rings. The molecular formula is C21H25BrCl2N2O2. The van der Waals surface area contributed by atoms with Gasteiger partial charge in [-0.2, -0.15) is 0 Å². The highest BCUT2D eigenvalue weighted by Crippen LogP contribution is 2.45. The number of nitrogens with zero attached hydrogens (tertiary/aromatic N) is 2. The van der Waals surface area contributed by atoms with E-state index in [1.165, 1.54) is 0 Å². The number of hydrogen-bond acceptors (Lipinski definition) is 3. The molecule has 0 radical (unpaired) electrons. The quantitative estimate of drug-likeness (QED) is 0.615. The maximum Gasteiger partial charge on any atom is 0.235 e. The van der Waals surface area contributed by atoms with Crippen molar-refractivity contribution in [2.45, 2.75) is 38.8 Å². The first-order valence-electron chi connectivity index (χ1n) is 9.29. The summed E-state index contributed by atoms with van der Waals surface area (Å²) in [7, 11) is 0. The lowest BCUT2D eigenvalue weighted by Gasteiger charge is -2.25. The van der Waals surface area contributed by atoms with Gasteiger partial charge < -0.3 is 27.2 Å². The highest BCUT2D eigenvalue weighted by Gasteiger charge is 2.45. The number of halogens is 3. The van der Waals surface area contributed by atoms with Crippen LogP contribution in [0.2, 0.25) is 10.0 Å². The third kappa shape index (κ3) is 4.58. The number of aromatic hydroxyl groups is 2. The van der Waals surface area contributed by atoms with E-state index in [0.717, 1.165) is 37.1 Å². The summed E-state index contributed by atoms with van der Waals surface area (Å²) in [6.07, 6.45) is 4.16. The molecule has 2 aromatic carbocycles. The van der Waals surface area contributed by atoms with E-state index in [9.17, 15) is 10.2 Å². The van der Waals surface area contributed by atoms with Crippen LogP contribution in [0.25, 0.3) is 0 Å². The first-order chi connectivity index (χ1) is 13.0. The Labute approximate surface area is 186 Å². The summed E-state index contributed by atoms with van der Waals surface area (Å²) in [5, 5.41) is 20.6. The summed E-state index contributed by atoms with van der Waals surface area (Å²) in [6.45, 7) is 6.06. The van der Waals surface area contributed by atoms with Gasteiger partial charge in [0.1, 0.15) is 11.5 Å². The fraction of sp³-hybridized carbons (Fsp3) is 0.381. The van der Waals surface area contributed by atoms with Gasteiger partial charge in [0.25, 0.3) is 0 Å². The maximum atomic E-state index is 9.78. The minimum atomic E-state index is -0.0355. The van der Waals surface area contributed by atoms with Crippen LogP contribution in [0.15, 0.2) is 36.4 Å². The molecule has 0 bridgehead atoms. The molecule has 0 saturated heterocycles. The van der Waals surface area contributed by atoms with E-state index in [1.807, 2.05) is 12.1 Å². The third-order valence-electron chi connectivity index (χ3n) is 4.88. The lowest BCUT2D eigenvalue weighted by atomic mass is 9.92. The average Bonchev–Trinajstić information content (AvgIpc) is 2.93. The molecule has 2 atom stereocenters. The maximum absolute atomic E-state index is 9.78. The second-order valence-electron chi connectivity index (χ2n) is 6.89. The lowest BCUT2D eigenvalue weighted by Crippen LogP contribution is -3.00. The second-order valence-corrected chi connectivity index (χ2v) is 7.71. The van der Waals surface area contributed by atoms with Gasteiger partial charge in [-0.05, 0) is 49.2 Å². The minimum absolute atomic E-state index is 0. The summed E-state index contributed by atoms with van der Waals surface area (Å²) in [4.78, 5) is 2.29. The number of benzene rings is 2. The molecule has 0 aromatic heterocycles. The standard InChI is InChI=1S/C21H24Cl2N2O2.BrH/c1-3-9-24-13-25(10-4-2)21(17-8-6-15(27)12-19(17)23)20(24)16-7-5-14(26)11-18(16)22;/h5-8,11-13,20-21H,3-4,9-10H2,1-2H3,(H-,26,27);1H/t20-,21+;. The first-order valence-corrected chi connectivity index (χ1v) is 10.0. The average molecular weight is 488 g/mol. The number of phenolic OH excluding ortho intramolecular Hbond substituents is 2. The van der Waals surface area contributed by atoms with Gasteiger partial charge in [0.2, 0.25) is 6.34 Å². The van der Waals surface area contributed by atoms with E-state index >= 15 is 0 Å². The van der Waals surface area contributed by atoms with E-state index in [4.69, 9.17) is 23.2 Å². The van der Waals surface area contributed by atoms with E-state index in [2.05, 4.69) is 29.7 Å². The zero-order valence-electron chi connectivity index (χ0n) is 15.9. The van der Waals surface area contributed by atoms with Crippen LogP contribution in [0.3, 0.4) is 0 Å². The van der Waals surface area contributed by atoms with Crippen LogP contribution in [0.1, 0.15) is 49.9 Å². The van der Waals surface area contributed by atoms with Crippen LogP contribution in [0.5, 0.6) is 11.5 Å². The van der Waals surface area contributed by atoms with Gasteiger partial charge >= 0.3 is 0 Å². The third-order valence-corrected chi connectivity index (χ3v) is 5.53. The van der Waals surface area contributed by atoms with E-state index < -0.39 is 0 Å². The lowest BCUT2D eigenvalue weighted by molar-refractivity contribution is -0.563. The normalized spacial score (nSPS) is 18.7. The van der Waals surface area contributed by atoms with Gasteiger partial charge in [-0.25, -0.2) is 0 Å². The van der Waals surface area contributed by atoms with E-state index in [-0.39, 0.29) is 40.6 Å². The first kappa shape index (κ1) is 22.9. The molecule has 1 heterocycles. The van der Waals surface area contributed by atoms with Crippen molar-refractivity contribution in [1.82, 2.24) is 4.90 Å². The zero-order valence-corrected chi connectivity index (χ0v) is 19.0. The summed E-state index contributed by atoms with van der Waals surface area (Å²) >= 11 is 13.1. The highest BCUT2D eigenvalue weighted by molar-refractivity contribution is 6.32.